The maximum Gasteiger partial charge on any atom is 0.00504 e. The fraction of sp³-hybridized carbons (Fsp3) is 0.250. The molecule has 1 unspecified atom stereocenters. The van der Waals surface area contributed by atoms with Gasteiger partial charge < -0.3 is 0 Å². The van der Waals surface area contributed by atoms with Gasteiger partial charge in [-0.05, 0) is 39.9 Å². The molecule has 0 radical (unpaired) electrons. The molecule has 0 heterocycles. The highest BCUT2D eigenvalue weighted by molar-refractivity contribution is 5.87. The minimum atomic E-state index is 0.597. The van der Waals surface area contributed by atoms with E-state index in [2.05, 4.69) is 62.4 Å². The molecule has 0 spiro atoms. The largest absolute Gasteiger partial charge is 0.0761 e. The molecule has 0 fully saturated rings. The van der Waals surface area contributed by atoms with Crippen LogP contribution in [0.5, 0.6) is 0 Å². The Hall–Kier alpha value is -1.56. The maximum atomic E-state index is 2.36. The molecule has 16 heavy (non-hydrogen) atoms. The van der Waals surface area contributed by atoms with Crippen LogP contribution in [0.2, 0.25) is 0 Å². The number of hydrogen-bond donors (Lipinski definition) is 0. The van der Waals surface area contributed by atoms with E-state index in [1.54, 1.807) is 0 Å². The fourth-order valence-corrected chi connectivity index (χ4v) is 2.60. The summed E-state index contributed by atoms with van der Waals surface area (Å²) in [7, 11) is 0. The minimum Gasteiger partial charge on any atom is -0.0761 e. The van der Waals surface area contributed by atoms with Crippen molar-refractivity contribution in [1.29, 1.82) is 0 Å². The highest BCUT2D eigenvalue weighted by atomic mass is 14.2. The van der Waals surface area contributed by atoms with Gasteiger partial charge in [-0.1, -0.05) is 50.3 Å². The number of fused-ring (bicyclic) bond motifs is 2. The Kier molecular flexibility index (Phi) is 2.10. The lowest BCUT2D eigenvalue weighted by Crippen LogP contribution is -2.01. The van der Waals surface area contributed by atoms with E-state index < -0.39 is 0 Å². The van der Waals surface area contributed by atoms with Crippen LogP contribution in [0.15, 0.2) is 42.5 Å². The van der Waals surface area contributed by atoms with Gasteiger partial charge in [-0.2, -0.15) is 0 Å². The SMILES string of the molecule is CC(C)C1C=Cc2cc3ccccc3cc21. The number of rotatable bonds is 1. The van der Waals surface area contributed by atoms with Crippen molar-refractivity contribution in [2.24, 2.45) is 5.92 Å². The van der Waals surface area contributed by atoms with E-state index >= 15 is 0 Å². The summed E-state index contributed by atoms with van der Waals surface area (Å²) >= 11 is 0. The normalized spacial score (nSPS) is 18.3. The fourth-order valence-electron chi connectivity index (χ4n) is 2.60. The van der Waals surface area contributed by atoms with Crippen LogP contribution < -0.4 is 0 Å². The molecule has 2 aromatic rings. The number of allylic oxidation sites excluding steroid dienone is 1. The van der Waals surface area contributed by atoms with Crippen molar-refractivity contribution >= 4 is 16.8 Å². The van der Waals surface area contributed by atoms with Gasteiger partial charge in [-0.3, -0.25) is 0 Å². The lowest BCUT2D eigenvalue weighted by atomic mass is 9.89. The molecule has 0 aromatic heterocycles. The Morgan fingerprint density at radius 3 is 2.38 bits per heavy atom. The zero-order valence-electron chi connectivity index (χ0n) is 9.77. The van der Waals surface area contributed by atoms with Crippen molar-refractivity contribution in [3.8, 4) is 0 Å². The third-order valence-electron chi connectivity index (χ3n) is 3.51. The van der Waals surface area contributed by atoms with Gasteiger partial charge in [-0.15, -0.1) is 0 Å². The zero-order valence-corrected chi connectivity index (χ0v) is 9.77. The molecule has 3 rings (SSSR count). The smallest absolute Gasteiger partial charge is 0.00504 e. The van der Waals surface area contributed by atoms with E-state index in [9.17, 15) is 0 Å². The second-order valence-corrected chi connectivity index (χ2v) is 4.96. The van der Waals surface area contributed by atoms with Crippen molar-refractivity contribution in [3.63, 3.8) is 0 Å². The van der Waals surface area contributed by atoms with Crippen molar-refractivity contribution in [1.82, 2.24) is 0 Å². The topological polar surface area (TPSA) is 0 Å². The van der Waals surface area contributed by atoms with Crippen LogP contribution >= 0.6 is 0 Å². The maximum absolute atomic E-state index is 2.36. The van der Waals surface area contributed by atoms with Crippen LogP contribution in [0.4, 0.5) is 0 Å². The summed E-state index contributed by atoms with van der Waals surface area (Å²) in [5, 5.41) is 2.70. The Balaban J connectivity index is 2.22. The van der Waals surface area contributed by atoms with Gasteiger partial charge in [0.05, 0.1) is 0 Å². The first kappa shape index (κ1) is 9.65. The summed E-state index contributed by atoms with van der Waals surface area (Å²) < 4.78 is 0. The van der Waals surface area contributed by atoms with Gasteiger partial charge >= 0.3 is 0 Å². The van der Waals surface area contributed by atoms with Crippen molar-refractivity contribution < 1.29 is 0 Å². The third-order valence-corrected chi connectivity index (χ3v) is 3.51. The van der Waals surface area contributed by atoms with Crippen LogP contribution in [0.25, 0.3) is 16.8 Å². The molecule has 2 aromatic carbocycles. The molecule has 80 valence electrons. The first-order valence-electron chi connectivity index (χ1n) is 5.96. The molecule has 0 aliphatic heterocycles. The summed E-state index contributed by atoms with van der Waals surface area (Å²) in [6.45, 7) is 4.58. The van der Waals surface area contributed by atoms with E-state index in [4.69, 9.17) is 0 Å². The molecular weight excluding hydrogens is 192 g/mol. The first-order chi connectivity index (χ1) is 7.75. The monoisotopic (exact) mass is 208 g/mol. The van der Waals surface area contributed by atoms with Crippen LogP contribution in [0.3, 0.4) is 0 Å². The quantitative estimate of drug-likeness (QED) is 0.642. The van der Waals surface area contributed by atoms with Gasteiger partial charge in [0.25, 0.3) is 0 Å². The molecule has 0 saturated carbocycles. The standard InChI is InChI=1S/C16H16/c1-11(2)15-8-7-14-9-12-5-3-4-6-13(12)10-16(14)15/h3-11,15H,1-2H3. The van der Waals surface area contributed by atoms with Gasteiger partial charge in [0.2, 0.25) is 0 Å². The number of benzene rings is 2. The highest BCUT2D eigenvalue weighted by Crippen LogP contribution is 2.37. The van der Waals surface area contributed by atoms with Gasteiger partial charge in [-0.25, -0.2) is 0 Å². The minimum absolute atomic E-state index is 0.597. The summed E-state index contributed by atoms with van der Waals surface area (Å²) in [6.07, 6.45) is 4.61. The molecule has 0 saturated heterocycles. The first-order valence-corrected chi connectivity index (χ1v) is 5.96. The average molecular weight is 208 g/mol. The van der Waals surface area contributed by atoms with Gasteiger partial charge in [0, 0.05) is 5.92 Å². The Morgan fingerprint density at radius 2 is 1.69 bits per heavy atom. The zero-order chi connectivity index (χ0) is 11.1. The van der Waals surface area contributed by atoms with E-state index in [1.165, 1.54) is 21.9 Å². The molecule has 1 aliphatic carbocycles. The summed E-state index contributed by atoms with van der Waals surface area (Å²) in [5.41, 5.74) is 2.89. The molecule has 0 bridgehead atoms. The molecule has 1 atom stereocenters. The summed E-state index contributed by atoms with van der Waals surface area (Å²) in [5.74, 6) is 1.28. The third kappa shape index (κ3) is 1.37. The predicted octanol–water partition coefficient (Wildman–Crippen LogP) is 4.61. The molecule has 0 heteroatoms. The van der Waals surface area contributed by atoms with E-state index in [0.29, 0.717) is 11.8 Å². The predicted molar refractivity (Wildman–Crippen MR) is 70.6 cm³/mol. The van der Waals surface area contributed by atoms with E-state index in [0.717, 1.165) is 0 Å². The Morgan fingerprint density at radius 1 is 1.00 bits per heavy atom. The summed E-state index contributed by atoms with van der Waals surface area (Å²) in [4.78, 5) is 0. The highest BCUT2D eigenvalue weighted by Gasteiger charge is 2.20. The van der Waals surface area contributed by atoms with E-state index in [1.807, 2.05) is 0 Å². The lowest BCUT2D eigenvalue weighted by Gasteiger charge is -2.15. The van der Waals surface area contributed by atoms with Crippen molar-refractivity contribution in [2.45, 2.75) is 19.8 Å². The second kappa shape index (κ2) is 3.48. The van der Waals surface area contributed by atoms with Gasteiger partial charge in [0.15, 0.2) is 0 Å². The van der Waals surface area contributed by atoms with Crippen LogP contribution in [-0.4, -0.2) is 0 Å². The molecule has 1 aliphatic rings. The molecular formula is C16H16. The molecule has 0 amide bonds. The van der Waals surface area contributed by atoms with Crippen LogP contribution in [0.1, 0.15) is 30.9 Å². The Labute approximate surface area is 96.6 Å². The molecule has 0 N–H and O–H groups in total. The van der Waals surface area contributed by atoms with E-state index in [-0.39, 0.29) is 0 Å². The lowest BCUT2D eigenvalue weighted by molar-refractivity contribution is 0.585. The summed E-state index contributed by atoms with van der Waals surface area (Å²) in [6, 6.07) is 13.3. The van der Waals surface area contributed by atoms with Crippen molar-refractivity contribution in [2.75, 3.05) is 0 Å². The molecule has 0 nitrogen and oxygen atoms in total. The van der Waals surface area contributed by atoms with Gasteiger partial charge in [0.1, 0.15) is 0 Å². The number of hydrogen-bond acceptors (Lipinski definition) is 0. The second-order valence-electron chi connectivity index (χ2n) is 4.96. The average Bonchev–Trinajstić information content (AvgIpc) is 2.68. The van der Waals surface area contributed by atoms with Crippen molar-refractivity contribution in [3.05, 3.63) is 53.6 Å². The van der Waals surface area contributed by atoms with Crippen LogP contribution in [0, 0.1) is 5.92 Å². The Bertz CT molecular complexity index is 561. The van der Waals surface area contributed by atoms with Crippen LogP contribution in [-0.2, 0) is 0 Å².